The molecule has 0 heterocycles. The average molecular weight is 240 g/mol. The Kier molecular flexibility index (Phi) is 5.44. The molecule has 17 heavy (non-hydrogen) atoms. The number of carbonyl (C=O) groups excluding carboxylic acids is 1. The van der Waals surface area contributed by atoms with Crippen molar-refractivity contribution in [1.82, 2.24) is 5.32 Å². The van der Waals surface area contributed by atoms with E-state index in [1.54, 1.807) is 0 Å². The molecule has 100 valence electrons. The fourth-order valence-corrected chi connectivity index (χ4v) is 2.59. The summed E-state index contributed by atoms with van der Waals surface area (Å²) in [5.41, 5.74) is 5.46. The Hall–Kier alpha value is -0.570. The summed E-state index contributed by atoms with van der Waals surface area (Å²) < 4.78 is 0. The molecule has 0 aliphatic heterocycles. The first kappa shape index (κ1) is 14.5. The van der Waals surface area contributed by atoms with Crippen molar-refractivity contribution in [1.29, 1.82) is 0 Å². The Morgan fingerprint density at radius 2 is 1.82 bits per heavy atom. The lowest BCUT2D eigenvalue weighted by molar-refractivity contribution is -0.127. The molecule has 0 bridgehead atoms. The zero-order chi connectivity index (χ0) is 12.9. The molecular formula is C14H28N2O. The molecule has 3 N–H and O–H groups in total. The number of hydrogen-bond donors (Lipinski definition) is 2. The first-order chi connectivity index (χ1) is 8.03. The van der Waals surface area contributed by atoms with Gasteiger partial charge >= 0.3 is 0 Å². The van der Waals surface area contributed by atoms with Gasteiger partial charge in [-0.2, -0.15) is 0 Å². The molecule has 3 nitrogen and oxygen atoms in total. The minimum Gasteiger partial charge on any atom is -0.352 e. The van der Waals surface area contributed by atoms with Crippen LogP contribution in [0.2, 0.25) is 0 Å². The van der Waals surface area contributed by atoms with E-state index >= 15 is 0 Å². The van der Waals surface area contributed by atoms with Crippen molar-refractivity contribution in [3.05, 3.63) is 0 Å². The van der Waals surface area contributed by atoms with E-state index in [0.717, 1.165) is 6.42 Å². The number of nitrogens with two attached hydrogens (primary N) is 1. The highest BCUT2D eigenvalue weighted by Gasteiger charge is 2.32. The highest BCUT2D eigenvalue weighted by molar-refractivity contribution is 5.86. The summed E-state index contributed by atoms with van der Waals surface area (Å²) in [5, 5.41) is 3.19. The molecule has 0 aromatic rings. The fraction of sp³-hybridized carbons (Fsp3) is 0.929. The van der Waals surface area contributed by atoms with Gasteiger partial charge in [0, 0.05) is 6.04 Å². The van der Waals surface area contributed by atoms with Crippen LogP contribution in [-0.2, 0) is 4.79 Å². The topological polar surface area (TPSA) is 55.1 Å². The maximum Gasteiger partial charge on any atom is 0.240 e. The predicted molar refractivity (Wildman–Crippen MR) is 71.7 cm³/mol. The monoisotopic (exact) mass is 240 g/mol. The summed E-state index contributed by atoms with van der Waals surface area (Å²) in [4.78, 5) is 12.2. The molecule has 1 amide bonds. The third-order valence-electron chi connectivity index (χ3n) is 4.39. The minimum absolute atomic E-state index is 0.0428. The van der Waals surface area contributed by atoms with Crippen molar-refractivity contribution in [2.75, 3.05) is 0 Å². The van der Waals surface area contributed by atoms with Crippen LogP contribution in [0.5, 0.6) is 0 Å². The number of nitrogens with one attached hydrogen (secondary N) is 1. The summed E-state index contributed by atoms with van der Waals surface area (Å²) >= 11 is 0. The summed E-state index contributed by atoms with van der Waals surface area (Å²) in [7, 11) is 0. The summed E-state index contributed by atoms with van der Waals surface area (Å²) in [6.45, 7) is 6.21. The van der Waals surface area contributed by atoms with Crippen LogP contribution in [0, 0.1) is 5.92 Å². The number of rotatable bonds is 4. The van der Waals surface area contributed by atoms with Gasteiger partial charge in [-0.1, -0.05) is 40.0 Å². The van der Waals surface area contributed by atoms with Crippen LogP contribution in [0.15, 0.2) is 0 Å². The zero-order valence-corrected chi connectivity index (χ0v) is 11.6. The molecule has 0 aromatic carbocycles. The van der Waals surface area contributed by atoms with E-state index in [2.05, 4.69) is 12.2 Å². The SMILES string of the molecule is CCC(N)(CC)C(=O)NC1CCCCCC1C. The Balaban J connectivity index is 2.59. The van der Waals surface area contributed by atoms with E-state index in [1.807, 2.05) is 13.8 Å². The summed E-state index contributed by atoms with van der Waals surface area (Å²) in [6.07, 6.45) is 7.56. The van der Waals surface area contributed by atoms with Gasteiger partial charge in [0.2, 0.25) is 5.91 Å². The lowest BCUT2D eigenvalue weighted by Crippen LogP contribution is -2.56. The van der Waals surface area contributed by atoms with Crippen molar-refractivity contribution in [2.24, 2.45) is 11.7 Å². The number of amides is 1. The summed E-state index contributed by atoms with van der Waals surface area (Å²) in [5.74, 6) is 0.626. The normalized spacial score (nSPS) is 26.4. The molecule has 2 atom stereocenters. The second-order valence-corrected chi connectivity index (χ2v) is 5.56. The van der Waals surface area contributed by atoms with Gasteiger partial charge in [-0.25, -0.2) is 0 Å². The van der Waals surface area contributed by atoms with Crippen molar-refractivity contribution in [3.63, 3.8) is 0 Å². The molecule has 0 saturated heterocycles. The summed E-state index contributed by atoms with van der Waals surface area (Å²) in [6, 6.07) is 0.325. The molecule has 0 aromatic heterocycles. The second-order valence-electron chi connectivity index (χ2n) is 5.56. The lowest BCUT2D eigenvalue weighted by atomic mass is 9.90. The first-order valence-corrected chi connectivity index (χ1v) is 7.13. The Bertz CT molecular complexity index is 249. The van der Waals surface area contributed by atoms with Gasteiger partial charge in [0.05, 0.1) is 5.54 Å². The lowest BCUT2D eigenvalue weighted by Gasteiger charge is -2.30. The Morgan fingerprint density at radius 3 is 2.41 bits per heavy atom. The molecule has 3 heteroatoms. The van der Waals surface area contributed by atoms with Crippen LogP contribution < -0.4 is 11.1 Å². The van der Waals surface area contributed by atoms with Crippen LogP contribution in [-0.4, -0.2) is 17.5 Å². The van der Waals surface area contributed by atoms with Crippen LogP contribution in [0.25, 0.3) is 0 Å². The highest BCUT2D eigenvalue weighted by Crippen LogP contribution is 2.24. The predicted octanol–water partition coefficient (Wildman–Crippen LogP) is 2.59. The average Bonchev–Trinajstić information content (AvgIpc) is 2.54. The zero-order valence-electron chi connectivity index (χ0n) is 11.6. The quantitative estimate of drug-likeness (QED) is 0.742. The molecule has 0 spiro atoms. The van der Waals surface area contributed by atoms with Gasteiger partial charge in [-0.05, 0) is 31.6 Å². The van der Waals surface area contributed by atoms with E-state index in [-0.39, 0.29) is 5.91 Å². The van der Waals surface area contributed by atoms with Gasteiger partial charge in [0.1, 0.15) is 0 Å². The number of hydrogen-bond acceptors (Lipinski definition) is 2. The Morgan fingerprint density at radius 1 is 1.24 bits per heavy atom. The van der Waals surface area contributed by atoms with Crippen LogP contribution >= 0.6 is 0 Å². The third-order valence-corrected chi connectivity index (χ3v) is 4.39. The second kappa shape index (κ2) is 6.39. The maximum absolute atomic E-state index is 12.2. The van der Waals surface area contributed by atoms with Gasteiger partial charge < -0.3 is 11.1 Å². The molecule has 1 aliphatic carbocycles. The first-order valence-electron chi connectivity index (χ1n) is 7.13. The van der Waals surface area contributed by atoms with E-state index < -0.39 is 5.54 Å². The van der Waals surface area contributed by atoms with Crippen molar-refractivity contribution in [2.45, 2.75) is 77.3 Å². The van der Waals surface area contributed by atoms with Gasteiger partial charge in [0.15, 0.2) is 0 Å². The van der Waals surface area contributed by atoms with Crippen molar-refractivity contribution in [3.8, 4) is 0 Å². The minimum atomic E-state index is -0.675. The van der Waals surface area contributed by atoms with E-state index in [4.69, 9.17) is 5.73 Å². The van der Waals surface area contributed by atoms with Gasteiger partial charge in [-0.15, -0.1) is 0 Å². The molecule has 2 unspecified atom stereocenters. The van der Waals surface area contributed by atoms with Crippen molar-refractivity contribution >= 4 is 5.91 Å². The third kappa shape index (κ3) is 3.70. The molecular weight excluding hydrogens is 212 g/mol. The van der Waals surface area contributed by atoms with E-state index in [1.165, 1.54) is 25.7 Å². The standard InChI is InChI=1S/C14H28N2O/c1-4-14(15,5-2)13(17)16-12-10-8-6-7-9-11(12)3/h11-12H,4-10,15H2,1-3H3,(H,16,17). The van der Waals surface area contributed by atoms with E-state index in [9.17, 15) is 4.79 Å². The Labute approximate surface area is 106 Å². The van der Waals surface area contributed by atoms with Gasteiger partial charge in [0.25, 0.3) is 0 Å². The largest absolute Gasteiger partial charge is 0.352 e. The van der Waals surface area contributed by atoms with E-state index in [0.29, 0.717) is 24.8 Å². The van der Waals surface area contributed by atoms with Crippen molar-refractivity contribution < 1.29 is 4.79 Å². The molecule has 1 fully saturated rings. The molecule has 0 radical (unpaired) electrons. The fourth-order valence-electron chi connectivity index (χ4n) is 2.59. The molecule has 1 aliphatic rings. The van der Waals surface area contributed by atoms with Crippen LogP contribution in [0.3, 0.4) is 0 Å². The molecule has 1 rings (SSSR count). The highest BCUT2D eigenvalue weighted by atomic mass is 16.2. The van der Waals surface area contributed by atoms with Crippen LogP contribution in [0.4, 0.5) is 0 Å². The smallest absolute Gasteiger partial charge is 0.240 e. The van der Waals surface area contributed by atoms with Crippen LogP contribution in [0.1, 0.15) is 65.7 Å². The molecule has 1 saturated carbocycles. The van der Waals surface area contributed by atoms with Gasteiger partial charge in [-0.3, -0.25) is 4.79 Å². The maximum atomic E-state index is 12.2. The number of carbonyl (C=O) groups is 1.